The molecule has 2 N–H and O–H groups in total. The third-order valence-electron chi connectivity index (χ3n) is 6.34. The monoisotopic (exact) mass is 554 g/mol. The molecule has 3 aliphatic rings. The lowest BCUT2D eigenvalue weighted by atomic mass is 9.85. The van der Waals surface area contributed by atoms with E-state index in [-0.39, 0.29) is 59.5 Å². The van der Waals surface area contributed by atoms with E-state index in [1.807, 2.05) is 24.3 Å². The third-order valence-corrected chi connectivity index (χ3v) is 6.34. The van der Waals surface area contributed by atoms with E-state index in [1.165, 1.54) is 4.90 Å². The molecule has 2 aliphatic carbocycles. The van der Waals surface area contributed by atoms with Gasteiger partial charge in [-0.05, 0) is 36.8 Å². The van der Waals surface area contributed by atoms with Gasteiger partial charge in [-0.25, -0.2) is 0 Å². The van der Waals surface area contributed by atoms with Gasteiger partial charge in [-0.2, -0.15) is 0 Å². The number of rotatable bonds is 9. The number of ether oxygens (including phenoxy) is 2. The van der Waals surface area contributed by atoms with Gasteiger partial charge in [-0.1, -0.05) is 18.2 Å². The van der Waals surface area contributed by atoms with E-state index < -0.39 is 0 Å². The minimum atomic E-state index is -0.135. The van der Waals surface area contributed by atoms with Crippen LogP contribution in [0.2, 0.25) is 0 Å². The molecule has 1 aromatic carbocycles. The Bertz CT molecular complexity index is 861. The molecule has 2 fully saturated rings. The molecule has 1 heterocycles. The predicted octanol–water partition coefficient (Wildman–Crippen LogP) is 2.05. The van der Waals surface area contributed by atoms with Gasteiger partial charge >= 0.3 is 0 Å². The topological polar surface area (TPSA) is 92.3 Å². The van der Waals surface area contributed by atoms with Crippen LogP contribution in [0.3, 0.4) is 0 Å². The molecule has 2 bridgehead atoms. The SMILES string of the molecule is CN=C(NCCCOc1cccc(OC)c1)NCCN1C(=O)C2C3C=CC(C3)C2C1=O.I. The van der Waals surface area contributed by atoms with Gasteiger partial charge in [0.25, 0.3) is 0 Å². The van der Waals surface area contributed by atoms with E-state index in [4.69, 9.17) is 9.47 Å². The summed E-state index contributed by atoms with van der Waals surface area (Å²) >= 11 is 0. The fourth-order valence-electron chi connectivity index (χ4n) is 4.85. The number of nitrogens with zero attached hydrogens (tertiary/aromatic N) is 2. The first-order valence-corrected chi connectivity index (χ1v) is 10.9. The molecule has 32 heavy (non-hydrogen) atoms. The van der Waals surface area contributed by atoms with E-state index >= 15 is 0 Å². The minimum absolute atomic E-state index is 0. The van der Waals surface area contributed by atoms with Crippen molar-refractivity contribution in [2.24, 2.45) is 28.7 Å². The Morgan fingerprint density at radius 1 is 1.09 bits per heavy atom. The molecular formula is C23H31IN4O4. The summed E-state index contributed by atoms with van der Waals surface area (Å²) in [5.74, 6) is 2.39. The summed E-state index contributed by atoms with van der Waals surface area (Å²) in [6, 6.07) is 7.51. The number of likely N-dealkylation sites (tertiary alicyclic amines) is 1. The van der Waals surface area contributed by atoms with Crippen molar-refractivity contribution in [1.82, 2.24) is 15.5 Å². The molecule has 8 nitrogen and oxygen atoms in total. The van der Waals surface area contributed by atoms with Crippen LogP contribution in [-0.4, -0.2) is 63.1 Å². The third kappa shape index (κ3) is 5.02. The van der Waals surface area contributed by atoms with E-state index in [0.717, 1.165) is 24.3 Å². The predicted molar refractivity (Wildman–Crippen MR) is 132 cm³/mol. The second kappa shape index (κ2) is 11.0. The molecule has 1 aromatic rings. The highest BCUT2D eigenvalue weighted by Gasteiger charge is 2.58. The maximum Gasteiger partial charge on any atom is 0.233 e. The molecule has 0 radical (unpaired) electrons. The van der Waals surface area contributed by atoms with Crippen LogP contribution in [0.15, 0.2) is 41.4 Å². The second-order valence-electron chi connectivity index (χ2n) is 8.13. The summed E-state index contributed by atoms with van der Waals surface area (Å²) < 4.78 is 10.9. The van der Waals surface area contributed by atoms with Gasteiger partial charge in [0.05, 0.1) is 25.6 Å². The summed E-state index contributed by atoms with van der Waals surface area (Å²) in [4.78, 5) is 31.1. The maximum atomic E-state index is 12.7. The van der Waals surface area contributed by atoms with Crippen LogP contribution < -0.4 is 20.1 Å². The fraction of sp³-hybridized carbons (Fsp3) is 0.522. The normalized spacial score (nSPS) is 25.6. The molecule has 174 valence electrons. The second-order valence-corrected chi connectivity index (χ2v) is 8.13. The van der Waals surface area contributed by atoms with Crippen molar-refractivity contribution in [2.45, 2.75) is 12.8 Å². The number of methoxy groups -OCH3 is 1. The number of allylic oxidation sites excluding steroid dienone is 2. The fourth-order valence-corrected chi connectivity index (χ4v) is 4.85. The quantitative estimate of drug-likeness (QED) is 0.121. The van der Waals surface area contributed by atoms with E-state index in [2.05, 4.69) is 27.8 Å². The van der Waals surface area contributed by atoms with E-state index in [0.29, 0.717) is 32.2 Å². The smallest absolute Gasteiger partial charge is 0.233 e. The summed E-state index contributed by atoms with van der Waals surface area (Å²) in [5, 5.41) is 6.41. The number of halogens is 1. The Kier molecular flexibility index (Phi) is 8.38. The van der Waals surface area contributed by atoms with E-state index in [9.17, 15) is 9.59 Å². The van der Waals surface area contributed by atoms with Crippen LogP contribution in [-0.2, 0) is 9.59 Å². The van der Waals surface area contributed by atoms with Crippen molar-refractivity contribution in [3.63, 3.8) is 0 Å². The van der Waals surface area contributed by atoms with Crippen molar-refractivity contribution >= 4 is 41.8 Å². The Hall–Kier alpha value is -2.30. The number of amides is 2. The number of carbonyl (C=O) groups is 2. The zero-order valence-corrected chi connectivity index (χ0v) is 20.8. The van der Waals surface area contributed by atoms with Gasteiger partial charge in [0, 0.05) is 32.7 Å². The van der Waals surface area contributed by atoms with Gasteiger partial charge in [-0.15, -0.1) is 24.0 Å². The first-order valence-electron chi connectivity index (χ1n) is 10.9. The highest BCUT2D eigenvalue weighted by atomic mass is 127. The van der Waals surface area contributed by atoms with Crippen LogP contribution in [0.1, 0.15) is 12.8 Å². The van der Waals surface area contributed by atoms with Gasteiger partial charge in [0.15, 0.2) is 5.96 Å². The van der Waals surface area contributed by atoms with Crippen molar-refractivity contribution in [3.05, 3.63) is 36.4 Å². The number of aliphatic imine (C=N–C) groups is 1. The van der Waals surface area contributed by atoms with Crippen molar-refractivity contribution in [3.8, 4) is 11.5 Å². The van der Waals surface area contributed by atoms with Crippen LogP contribution in [0, 0.1) is 23.7 Å². The number of hydrogen-bond acceptors (Lipinski definition) is 5. The first-order chi connectivity index (χ1) is 15.1. The largest absolute Gasteiger partial charge is 0.497 e. The first kappa shape index (κ1) is 24.3. The number of nitrogens with one attached hydrogen (secondary N) is 2. The van der Waals surface area contributed by atoms with Gasteiger partial charge in [0.2, 0.25) is 11.8 Å². The molecule has 1 saturated heterocycles. The maximum absolute atomic E-state index is 12.7. The summed E-state index contributed by atoms with van der Waals surface area (Å²) in [7, 11) is 3.33. The van der Waals surface area contributed by atoms with Crippen molar-refractivity contribution < 1.29 is 19.1 Å². The molecule has 9 heteroatoms. The molecular weight excluding hydrogens is 523 g/mol. The van der Waals surface area contributed by atoms with Crippen LogP contribution in [0.25, 0.3) is 0 Å². The standard InChI is InChI=1S/C23H30N4O4.HI/c1-24-23(25-9-4-12-31-18-6-3-5-17(14-18)30-2)26-10-11-27-21(28)19-15-7-8-16(13-15)20(19)22(27)29;/h3,5-8,14-16,19-20H,4,9-13H2,1-2H3,(H2,24,25,26);1H. The summed E-state index contributed by atoms with van der Waals surface area (Å²) in [5.41, 5.74) is 0. The number of guanidine groups is 1. The molecule has 2 amide bonds. The number of fused-ring (bicyclic) bond motifs is 5. The Morgan fingerprint density at radius 2 is 1.75 bits per heavy atom. The zero-order chi connectivity index (χ0) is 21.8. The van der Waals surface area contributed by atoms with Crippen molar-refractivity contribution in [1.29, 1.82) is 0 Å². The van der Waals surface area contributed by atoms with Crippen LogP contribution in [0.4, 0.5) is 0 Å². The highest BCUT2D eigenvalue weighted by molar-refractivity contribution is 14.0. The zero-order valence-electron chi connectivity index (χ0n) is 18.5. The molecule has 0 spiro atoms. The molecule has 1 aliphatic heterocycles. The lowest BCUT2D eigenvalue weighted by Crippen LogP contribution is -2.44. The number of imide groups is 1. The summed E-state index contributed by atoms with van der Waals surface area (Å²) in [6.07, 6.45) is 5.97. The minimum Gasteiger partial charge on any atom is -0.497 e. The molecule has 4 atom stereocenters. The van der Waals surface area contributed by atoms with E-state index in [1.54, 1.807) is 14.2 Å². The van der Waals surface area contributed by atoms with Gasteiger partial charge < -0.3 is 20.1 Å². The number of benzene rings is 1. The Balaban J connectivity index is 0.00000289. The van der Waals surface area contributed by atoms with Crippen LogP contribution in [0.5, 0.6) is 11.5 Å². The molecule has 0 aromatic heterocycles. The average Bonchev–Trinajstić information content (AvgIpc) is 3.47. The Labute approximate surface area is 205 Å². The molecule has 4 unspecified atom stereocenters. The van der Waals surface area contributed by atoms with Crippen molar-refractivity contribution in [2.75, 3.05) is 40.4 Å². The highest BCUT2D eigenvalue weighted by Crippen LogP contribution is 2.52. The number of carbonyl (C=O) groups excluding carboxylic acids is 2. The molecule has 1 saturated carbocycles. The molecule has 4 rings (SSSR count). The number of hydrogen-bond donors (Lipinski definition) is 2. The van der Waals surface area contributed by atoms with Gasteiger partial charge in [0.1, 0.15) is 11.5 Å². The van der Waals surface area contributed by atoms with Gasteiger partial charge in [-0.3, -0.25) is 19.5 Å². The lowest BCUT2D eigenvalue weighted by Gasteiger charge is -2.18. The average molecular weight is 554 g/mol. The lowest BCUT2D eigenvalue weighted by molar-refractivity contribution is -0.140. The Morgan fingerprint density at radius 3 is 2.41 bits per heavy atom. The summed E-state index contributed by atoms with van der Waals surface area (Å²) in [6.45, 7) is 2.08. The van der Waals surface area contributed by atoms with Crippen LogP contribution >= 0.6 is 24.0 Å².